The summed E-state index contributed by atoms with van der Waals surface area (Å²) in [4.78, 5) is 13.4. The second-order valence-electron chi connectivity index (χ2n) is 8.04. The van der Waals surface area contributed by atoms with Crippen LogP contribution in [0.4, 0.5) is 0 Å². The first kappa shape index (κ1) is 23.6. The van der Waals surface area contributed by atoms with Crippen molar-refractivity contribution >= 4 is 6.08 Å². The number of rotatable bonds is 12. The van der Waals surface area contributed by atoms with Gasteiger partial charge in [0.2, 0.25) is 0 Å². The molecule has 0 aliphatic rings. The Balaban J connectivity index is 1.45. The van der Waals surface area contributed by atoms with Gasteiger partial charge in [0.15, 0.2) is 5.82 Å². The second-order valence-corrected chi connectivity index (χ2v) is 8.04. The Morgan fingerprint density at radius 3 is 2.38 bits per heavy atom. The Kier molecular flexibility index (Phi) is 9.38. The highest BCUT2D eigenvalue weighted by molar-refractivity contribution is 5.63. The number of phenols is 1. The van der Waals surface area contributed by atoms with Crippen LogP contribution in [-0.4, -0.2) is 32.8 Å². The fourth-order valence-electron chi connectivity index (χ4n) is 3.36. The molecule has 5 heteroatoms. The lowest BCUT2D eigenvalue weighted by molar-refractivity contribution is 0.0566. The molecular weight excluding hydrogens is 398 g/mol. The van der Waals surface area contributed by atoms with Crippen LogP contribution >= 0.6 is 0 Å². The van der Waals surface area contributed by atoms with Gasteiger partial charge >= 0.3 is 0 Å². The van der Waals surface area contributed by atoms with Crippen LogP contribution in [0, 0.1) is 0 Å². The van der Waals surface area contributed by atoms with Crippen LogP contribution < -0.4 is 0 Å². The summed E-state index contributed by atoms with van der Waals surface area (Å²) in [6, 6.07) is 11.0. The van der Waals surface area contributed by atoms with Crippen molar-refractivity contribution in [3.05, 3.63) is 66.6 Å². The third kappa shape index (κ3) is 7.57. The van der Waals surface area contributed by atoms with Gasteiger partial charge < -0.3 is 9.84 Å². The molecule has 5 nitrogen and oxygen atoms in total. The average Bonchev–Trinajstić information content (AvgIpc) is 2.83. The first-order chi connectivity index (χ1) is 15.7. The van der Waals surface area contributed by atoms with Crippen LogP contribution in [0.2, 0.25) is 0 Å². The van der Waals surface area contributed by atoms with Gasteiger partial charge in [-0.1, -0.05) is 50.1 Å². The topological polar surface area (TPSA) is 68.1 Å². The minimum Gasteiger partial charge on any atom is -0.508 e. The number of unbranched alkanes of at least 4 members (excludes halogenated alkanes) is 3. The zero-order chi connectivity index (χ0) is 22.6. The maximum atomic E-state index is 9.42. The minimum absolute atomic E-state index is 0.242. The van der Waals surface area contributed by atoms with Crippen molar-refractivity contribution in [1.82, 2.24) is 15.0 Å². The number of aromatic nitrogens is 3. The molecule has 0 radical (unpaired) electrons. The second kappa shape index (κ2) is 12.7. The van der Waals surface area contributed by atoms with E-state index in [9.17, 15) is 5.11 Å². The number of hydrogen-bond donors (Lipinski definition) is 1. The molecule has 1 aromatic carbocycles. The van der Waals surface area contributed by atoms with Crippen molar-refractivity contribution in [3.8, 4) is 28.4 Å². The van der Waals surface area contributed by atoms with E-state index >= 15 is 0 Å². The first-order valence-electron chi connectivity index (χ1n) is 11.5. The lowest BCUT2D eigenvalue weighted by Gasteiger charge is -2.11. The van der Waals surface area contributed by atoms with E-state index in [1.807, 2.05) is 30.5 Å². The molecule has 0 bridgehead atoms. The van der Waals surface area contributed by atoms with E-state index in [-0.39, 0.29) is 5.75 Å². The van der Waals surface area contributed by atoms with Crippen LogP contribution in [0.3, 0.4) is 0 Å². The van der Waals surface area contributed by atoms with Gasteiger partial charge in [0.1, 0.15) is 11.4 Å². The van der Waals surface area contributed by atoms with Gasteiger partial charge in [0.05, 0.1) is 6.10 Å². The van der Waals surface area contributed by atoms with E-state index in [1.165, 1.54) is 12.8 Å². The number of ether oxygens (including phenoxy) is 1. The number of nitrogens with zero attached hydrogens (tertiary/aromatic N) is 3. The van der Waals surface area contributed by atoms with E-state index in [4.69, 9.17) is 4.74 Å². The predicted octanol–water partition coefficient (Wildman–Crippen LogP) is 6.69. The molecule has 1 unspecified atom stereocenters. The molecule has 3 rings (SSSR count). The molecule has 0 spiro atoms. The van der Waals surface area contributed by atoms with Gasteiger partial charge in [-0.05, 0) is 61.9 Å². The summed E-state index contributed by atoms with van der Waals surface area (Å²) in [6.45, 7) is 5.26. The molecule has 0 aliphatic carbocycles. The van der Waals surface area contributed by atoms with Crippen molar-refractivity contribution in [3.63, 3.8) is 0 Å². The van der Waals surface area contributed by atoms with E-state index < -0.39 is 0 Å². The highest BCUT2D eigenvalue weighted by Gasteiger charge is 2.05. The monoisotopic (exact) mass is 431 g/mol. The van der Waals surface area contributed by atoms with Gasteiger partial charge in [-0.25, -0.2) is 9.97 Å². The maximum absolute atomic E-state index is 9.42. The van der Waals surface area contributed by atoms with Crippen molar-refractivity contribution in [2.75, 3.05) is 6.61 Å². The quantitative estimate of drug-likeness (QED) is 0.324. The Morgan fingerprint density at radius 2 is 1.69 bits per heavy atom. The standard InChI is InChI=1S/C27H33N3O2/c1-3-4-8-17-32-21(2)9-6-5-7-10-22-11-16-26(28-18-22)27-29-19-24(20-30-27)23-12-14-25(31)15-13-23/h7,10-16,18-21,31H,3-6,8-9,17H2,1-2H3/b10-7+. The lowest BCUT2D eigenvalue weighted by Crippen LogP contribution is -2.08. The lowest BCUT2D eigenvalue weighted by atomic mass is 10.1. The number of phenolic OH excluding ortho intramolecular Hbond substituents is 1. The summed E-state index contributed by atoms with van der Waals surface area (Å²) in [6.07, 6.45) is 16.9. The molecule has 0 saturated carbocycles. The summed E-state index contributed by atoms with van der Waals surface area (Å²) in [5, 5.41) is 9.42. The highest BCUT2D eigenvalue weighted by atomic mass is 16.5. The highest BCUT2D eigenvalue weighted by Crippen LogP contribution is 2.22. The predicted molar refractivity (Wildman–Crippen MR) is 130 cm³/mol. The fourth-order valence-corrected chi connectivity index (χ4v) is 3.36. The fraction of sp³-hybridized carbons (Fsp3) is 0.370. The SMILES string of the molecule is CCCCCOC(C)CCC/C=C/c1ccc(-c2ncc(-c3ccc(O)cc3)cn2)nc1. The summed E-state index contributed by atoms with van der Waals surface area (Å²) in [7, 11) is 0. The van der Waals surface area contributed by atoms with E-state index in [2.05, 4.69) is 41.0 Å². The van der Waals surface area contributed by atoms with Crippen molar-refractivity contribution < 1.29 is 9.84 Å². The van der Waals surface area contributed by atoms with Crippen molar-refractivity contribution in [2.24, 2.45) is 0 Å². The number of aromatic hydroxyl groups is 1. The molecule has 32 heavy (non-hydrogen) atoms. The van der Waals surface area contributed by atoms with Crippen molar-refractivity contribution in [2.45, 2.75) is 58.5 Å². The summed E-state index contributed by atoms with van der Waals surface area (Å²) in [5.41, 5.74) is 3.67. The number of benzene rings is 1. The number of pyridine rings is 1. The summed E-state index contributed by atoms with van der Waals surface area (Å²) >= 11 is 0. The molecule has 0 saturated heterocycles. The molecule has 168 valence electrons. The van der Waals surface area contributed by atoms with Crippen molar-refractivity contribution in [1.29, 1.82) is 0 Å². The summed E-state index contributed by atoms with van der Waals surface area (Å²) in [5.74, 6) is 0.835. The van der Waals surface area contributed by atoms with E-state index in [1.54, 1.807) is 24.5 Å². The molecule has 1 atom stereocenters. The van der Waals surface area contributed by atoms with Crippen LogP contribution in [0.25, 0.3) is 28.7 Å². The van der Waals surface area contributed by atoms with Gasteiger partial charge in [-0.15, -0.1) is 0 Å². The van der Waals surface area contributed by atoms with Crippen LogP contribution in [0.1, 0.15) is 57.9 Å². The van der Waals surface area contributed by atoms with Crippen LogP contribution in [0.5, 0.6) is 5.75 Å². The Labute approximate surface area is 191 Å². The molecule has 2 aromatic heterocycles. The molecule has 0 amide bonds. The normalized spacial score (nSPS) is 12.3. The average molecular weight is 432 g/mol. The molecule has 2 heterocycles. The molecule has 0 fully saturated rings. The smallest absolute Gasteiger partial charge is 0.178 e. The van der Waals surface area contributed by atoms with E-state index in [0.717, 1.165) is 54.7 Å². The maximum Gasteiger partial charge on any atom is 0.178 e. The first-order valence-corrected chi connectivity index (χ1v) is 11.5. The number of hydrogen-bond acceptors (Lipinski definition) is 5. The zero-order valence-electron chi connectivity index (χ0n) is 19.1. The Hall–Kier alpha value is -3.05. The third-order valence-corrected chi connectivity index (χ3v) is 5.31. The van der Waals surface area contributed by atoms with Gasteiger partial charge in [0, 0.05) is 30.8 Å². The van der Waals surface area contributed by atoms with Crippen LogP contribution in [0.15, 0.2) is 61.1 Å². The largest absolute Gasteiger partial charge is 0.508 e. The van der Waals surface area contributed by atoms with Crippen LogP contribution in [-0.2, 0) is 4.74 Å². The third-order valence-electron chi connectivity index (χ3n) is 5.31. The minimum atomic E-state index is 0.242. The number of allylic oxidation sites excluding steroid dienone is 1. The van der Waals surface area contributed by atoms with E-state index in [0.29, 0.717) is 11.9 Å². The summed E-state index contributed by atoms with van der Waals surface area (Å²) < 4.78 is 5.85. The van der Waals surface area contributed by atoms with Gasteiger partial charge in [-0.2, -0.15) is 0 Å². The zero-order valence-corrected chi connectivity index (χ0v) is 19.1. The Bertz CT molecular complexity index is 952. The molecule has 1 N–H and O–H groups in total. The molecule has 3 aromatic rings. The van der Waals surface area contributed by atoms with Gasteiger partial charge in [0.25, 0.3) is 0 Å². The molecule has 0 aliphatic heterocycles. The van der Waals surface area contributed by atoms with Gasteiger partial charge in [-0.3, -0.25) is 4.98 Å². The Morgan fingerprint density at radius 1 is 0.906 bits per heavy atom. The molecular formula is C27H33N3O2.